The summed E-state index contributed by atoms with van der Waals surface area (Å²) in [6.45, 7) is 2.89. The van der Waals surface area contributed by atoms with Gasteiger partial charge in [0.2, 0.25) is 0 Å². The maximum atomic E-state index is 5.91. The van der Waals surface area contributed by atoms with E-state index in [1.807, 2.05) is 27.8 Å². The minimum atomic E-state index is 0.582. The van der Waals surface area contributed by atoms with E-state index in [0.717, 1.165) is 31.0 Å². The molecular formula is C16H17ClN6. The zero-order valence-corrected chi connectivity index (χ0v) is 13.4. The van der Waals surface area contributed by atoms with E-state index in [4.69, 9.17) is 11.6 Å². The third kappa shape index (κ3) is 2.37. The predicted octanol–water partition coefficient (Wildman–Crippen LogP) is 2.59. The summed E-state index contributed by atoms with van der Waals surface area (Å²) in [5.74, 6) is 2.29. The summed E-state index contributed by atoms with van der Waals surface area (Å²) < 4.78 is 3.89. The van der Waals surface area contributed by atoms with Crippen molar-refractivity contribution >= 4 is 22.9 Å². The molecule has 0 bridgehead atoms. The van der Waals surface area contributed by atoms with Gasteiger partial charge in [-0.3, -0.25) is 4.68 Å². The lowest BCUT2D eigenvalue weighted by atomic mass is 10.0. The number of nitrogens with zero attached hydrogens (tertiary/aromatic N) is 6. The van der Waals surface area contributed by atoms with Gasteiger partial charge < -0.3 is 4.90 Å². The van der Waals surface area contributed by atoms with E-state index in [-0.39, 0.29) is 0 Å². The Morgan fingerprint density at radius 2 is 2.13 bits per heavy atom. The third-order valence-electron chi connectivity index (χ3n) is 4.69. The molecule has 2 aliphatic rings. The Morgan fingerprint density at radius 3 is 2.87 bits per heavy atom. The van der Waals surface area contributed by atoms with Crippen molar-refractivity contribution in [2.45, 2.75) is 25.3 Å². The van der Waals surface area contributed by atoms with Crippen molar-refractivity contribution in [2.24, 2.45) is 5.92 Å². The molecule has 0 N–H and O–H groups in total. The number of aromatic nitrogens is 5. The van der Waals surface area contributed by atoms with Gasteiger partial charge in [-0.15, -0.1) is 0 Å². The third-order valence-corrected chi connectivity index (χ3v) is 4.88. The molecule has 0 aromatic carbocycles. The van der Waals surface area contributed by atoms with Gasteiger partial charge in [0, 0.05) is 50.1 Å². The first-order valence-electron chi connectivity index (χ1n) is 8.03. The van der Waals surface area contributed by atoms with Gasteiger partial charge in [0.15, 0.2) is 5.82 Å². The van der Waals surface area contributed by atoms with Crippen molar-refractivity contribution in [3.05, 3.63) is 41.6 Å². The summed E-state index contributed by atoms with van der Waals surface area (Å²) in [5.41, 5.74) is 2.33. The highest BCUT2D eigenvalue weighted by Crippen LogP contribution is 2.40. The first-order chi connectivity index (χ1) is 11.3. The molecule has 2 fully saturated rings. The minimum absolute atomic E-state index is 0.582. The SMILES string of the molecule is Clc1cnn(CC2CN(c3nccn4nc(C5CC5)cc34)C2)c1. The molecular weight excluding hydrogens is 312 g/mol. The normalized spacial score (nSPS) is 18.6. The van der Waals surface area contributed by atoms with Crippen molar-refractivity contribution < 1.29 is 0 Å². The molecule has 0 radical (unpaired) electrons. The molecule has 0 spiro atoms. The maximum Gasteiger partial charge on any atom is 0.154 e. The molecule has 1 saturated heterocycles. The molecule has 3 aromatic rings. The first kappa shape index (κ1) is 13.4. The molecule has 1 saturated carbocycles. The van der Waals surface area contributed by atoms with Gasteiger partial charge in [-0.1, -0.05) is 11.6 Å². The Hall–Kier alpha value is -2.08. The highest BCUT2D eigenvalue weighted by Gasteiger charge is 2.31. The molecule has 7 heteroatoms. The zero-order chi connectivity index (χ0) is 15.4. The maximum absolute atomic E-state index is 5.91. The van der Waals surface area contributed by atoms with Crippen LogP contribution >= 0.6 is 11.6 Å². The van der Waals surface area contributed by atoms with Crippen molar-refractivity contribution in [3.63, 3.8) is 0 Å². The smallest absolute Gasteiger partial charge is 0.154 e. The van der Waals surface area contributed by atoms with Gasteiger partial charge >= 0.3 is 0 Å². The van der Waals surface area contributed by atoms with Gasteiger partial charge in [-0.25, -0.2) is 9.50 Å². The number of rotatable bonds is 4. The van der Waals surface area contributed by atoms with Crippen molar-refractivity contribution in [3.8, 4) is 0 Å². The molecule has 118 valence electrons. The second-order valence-corrected chi connectivity index (χ2v) is 7.01. The van der Waals surface area contributed by atoms with Crippen LogP contribution in [-0.4, -0.2) is 37.5 Å². The summed E-state index contributed by atoms with van der Waals surface area (Å²) in [4.78, 5) is 6.91. The molecule has 0 unspecified atom stereocenters. The van der Waals surface area contributed by atoms with Crippen LogP contribution in [-0.2, 0) is 6.54 Å². The Balaban J connectivity index is 1.34. The lowest BCUT2D eigenvalue weighted by Crippen LogP contribution is -2.49. The van der Waals surface area contributed by atoms with E-state index >= 15 is 0 Å². The molecule has 4 heterocycles. The average Bonchev–Trinajstić information content (AvgIpc) is 3.13. The van der Waals surface area contributed by atoms with E-state index < -0.39 is 0 Å². The molecule has 23 heavy (non-hydrogen) atoms. The molecule has 5 rings (SSSR count). The van der Waals surface area contributed by atoms with Gasteiger partial charge in [0.05, 0.1) is 16.9 Å². The van der Waals surface area contributed by atoms with Crippen LogP contribution in [0.3, 0.4) is 0 Å². The van der Waals surface area contributed by atoms with E-state index in [1.165, 1.54) is 18.5 Å². The Bertz CT molecular complexity index is 858. The second kappa shape index (κ2) is 4.96. The summed E-state index contributed by atoms with van der Waals surface area (Å²) in [6, 6.07) is 2.21. The van der Waals surface area contributed by atoms with Gasteiger partial charge in [0.1, 0.15) is 5.52 Å². The largest absolute Gasteiger partial charge is 0.354 e. The van der Waals surface area contributed by atoms with Gasteiger partial charge in [0.25, 0.3) is 0 Å². The lowest BCUT2D eigenvalue weighted by Gasteiger charge is -2.40. The fourth-order valence-electron chi connectivity index (χ4n) is 3.31. The van der Waals surface area contributed by atoms with Crippen LogP contribution in [0.2, 0.25) is 5.02 Å². The van der Waals surface area contributed by atoms with Crippen LogP contribution < -0.4 is 4.90 Å². The van der Waals surface area contributed by atoms with E-state index in [1.54, 1.807) is 6.20 Å². The van der Waals surface area contributed by atoms with E-state index in [2.05, 4.69) is 26.1 Å². The quantitative estimate of drug-likeness (QED) is 0.738. The number of fused-ring (bicyclic) bond motifs is 1. The van der Waals surface area contributed by atoms with Crippen LogP contribution in [0.4, 0.5) is 5.82 Å². The fourth-order valence-corrected chi connectivity index (χ4v) is 3.47. The summed E-state index contributed by atoms with van der Waals surface area (Å²) in [7, 11) is 0. The Kier molecular flexibility index (Phi) is 2.88. The van der Waals surface area contributed by atoms with E-state index in [0.29, 0.717) is 16.9 Å². The minimum Gasteiger partial charge on any atom is -0.354 e. The fraction of sp³-hybridized carbons (Fsp3) is 0.438. The molecule has 0 atom stereocenters. The second-order valence-electron chi connectivity index (χ2n) is 6.58. The topological polar surface area (TPSA) is 51.2 Å². The zero-order valence-electron chi connectivity index (χ0n) is 12.6. The van der Waals surface area contributed by atoms with Crippen LogP contribution in [0.5, 0.6) is 0 Å². The number of hydrogen-bond donors (Lipinski definition) is 0. The van der Waals surface area contributed by atoms with Crippen LogP contribution in [0.15, 0.2) is 30.9 Å². The highest BCUT2D eigenvalue weighted by molar-refractivity contribution is 6.30. The monoisotopic (exact) mass is 328 g/mol. The molecule has 1 aliphatic heterocycles. The molecule has 0 amide bonds. The first-order valence-corrected chi connectivity index (χ1v) is 8.41. The van der Waals surface area contributed by atoms with Crippen molar-refractivity contribution in [1.29, 1.82) is 0 Å². The average molecular weight is 329 g/mol. The van der Waals surface area contributed by atoms with Crippen molar-refractivity contribution in [2.75, 3.05) is 18.0 Å². The van der Waals surface area contributed by atoms with Gasteiger partial charge in [-0.2, -0.15) is 10.2 Å². The molecule has 1 aliphatic carbocycles. The lowest BCUT2D eigenvalue weighted by molar-refractivity contribution is 0.341. The van der Waals surface area contributed by atoms with Crippen molar-refractivity contribution in [1.82, 2.24) is 24.4 Å². The standard InChI is InChI=1S/C16H17ClN6/c17-13-6-19-22(10-13)9-11-7-21(8-11)16-15-5-14(12-1-2-12)20-23(15)4-3-18-16/h3-6,10-12H,1-2,7-9H2. The van der Waals surface area contributed by atoms with E-state index in [9.17, 15) is 0 Å². The van der Waals surface area contributed by atoms with Crippen LogP contribution in [0, 0.1) is 5.92 Å². The molecule has 6 nitrogen and oxygen atoms in total. The van der Waals surface area contributed by atoms with Gasteiger partial charge in [-0.05, 0) is 18.9 Å². The predicted molar refractivity (Wildman–Crippen MR) is 87.9 cm³/mol. The highest BCUT2D eigenvalue weighted by atomic mass is 35.5. The Labute approximate surface area is 138 Å². The number of hydrogen-bond acceptors (Lipinski definition) is 4. The number of halogens is 1. The van der Waals surface area contributed by atoms with Crippen LogP contribution in [0.1, 0.15) is 24.5 Å². The summed E-state index contributed by atoms with van der Waals surface area (Å²) in [6.07, 6.45) is 9.88. The summed E-state index contributed by atoms with van der Waals surface area (Å²) in [5, 5.41) is 9.63. The number of anilines is 1. The molecule has 3 aromatic heterocycles. The Morgan fingerprint density at radius 1 is 1.26 bits per heavy atom. The summed E-state index contributed by atoms with van der Waals surface area (Å²) >= 11 is 5.91. The van der Waals surface area contributed by atoms with Crippen LogP contribution in [0.25, 0.3) is 5.52 Å².